The van der Waals surface area contributed by atoms with Crippen molar-refractivity contribution in [3.63, 3.8) is 0 Å². The molecule has 4 heteroatoms. The molecule has 0 spiro atoms. The molecule has 2 N–H and O–H groups in total. The predicted molar refractivity (Wildman–Crippen MR) is 79.0 cm³/mol. The number of aliphatic hydroxyl groups excluding tert-OH is 1. The SMILES string of the molecule is O=C(c1ccc2c(c1)NCC2)N1CCCC1CCCO. The van der Waals surface area contributed by atoms with E-state index in [2.05, 4.69) is 11.4 Å². The molecule has 3 rings (SSSR count). The Labute approximate surface area is 119 Å². The summed E-state index contributed by atoms with van der Waals surface area (Å²) in [6.07, 6.45) is 4.87. The van der Waals surface area contributed by atoms with Gasteiger partial charge >= 0.3 is 0 Å². The fourth-order valence-electron chi connectivity index (χ4n) is 3.32. The number of anilines is 1. The number of carbonyl (C=O) groups excluding carboxylic acids is 1. The second-order valence-corrected chi connectivity index (χ2v) is 5.71. The maximum absolute atomic E-state index is 12.7. The van der Waals surface area contributed by atoms with Gasteiger partial charge < -0.3 is 15.3 Å². The van der Waals surface area contributed by atoms with Crippen LogP contribution in [-0.4, -0.2) is 41.7 Å². The molecule has 0 aromatic heterocycles. The number of nitrogens with zero attached hydrogens (tertiary/aromatic N) is 1. The van der Waals surface area contributed by atoms with Crippen molar-refractivity contribution in [2.45, 2.75) is 38.1 Å². The van der Waals surface area contributed by atoms with Gasteiger partial charge in [0.25, 0.3) is 5.91 Å². The summed E-state index contributed by atoms with van der Waals surface area (Å²) in [5.41, 5.74) is 3.20. The van der Waals surface area contributed by atoms with Crippen molar-refractivity contribution in [3.8, 4) is 0 Å². The van der Waals surface area contributed by atoms with E-state index in [4.69, 9.17) is 5.11 Å². The van der Waals surface area contributed by atoms with Crippen LogP contribution in [0.5, 0.6) is 0 Å². The third-order valence-electron chi connectivity index (χ3n) is 4.40. The number of hydrogen-bond donors (Lipinski definition) is 2. The van der Waals surface area contributed by atoms with Gasteiger partial charge in [-0.1, -0.05) is 6.07 Å². The lowest BCUT2D eigenvalue weighted by Crippen LogP contribution is -2.35. The van der Waals surface area contributed by atoms with Crippen LogP contribution >= 0.6 is 0 Å². The number of carbonyl (C=O) groups is 1. The van der Waals surface area contributed by atoms with Crippen LogP contribution < -0.4 is 5.32 Å². The lowest BCUT2D eigenvalue weighted by molar-refractivity contribution is 0.0724. The molecule has 4 nitrogen and oxygen atoms in total. The van der Waals surface area contributed by atoms with Crippen LogP contribution in [0, 0.1) is 0 Å². The van der Waals surface area contributed by atoms with Crippen molar-refractivity contribution < 1.29 is 9.90 Å². The van der Waals surface area contributed by atoms with Crippen LogP contribution in [0.2, 0.25) is 0 Å². The van der Waals surface area contributed by atoms with Crippen molar-refractivity contribution >= 4 is 11.6 Å². The van der Waals surface area contributed by atoms with E-state index in [0.29, 0.717) is 6.04 Å². The number of hydrogen-bond acceptors (Lipinski definition) is 3. The quantitative estimate of drug-likeness (QED) is 0.883. The predicted octanol–water partition coefficient (Wildman–Crippen LogP) is 2.03. The lowest BCUT2D eigenvalue weighted by atomic mass is 10.1. The average Bonchev–Trinajstić information content (AvgIpc) is 3.12. The monoisotopic (exact) mass is 274 g/mol. The maximum Gasteiger partial charge on any atom is 0.254 e. The number of amides is 1. The normalized spacial score (nSPS) is 20.9. The number of likely N-dealkylation sites (tertiary alicyclic amines) is 1. The Bertz CT molecular complexity index is 501. The second-order valence-electron chi connectivity index (χ2n) is 5.71. The summed E-state index contributed by atoms with van der Waals surface area (Å²) in [6, 6.07) is 6.32. The van der Waals surface area contributed by atoms with Gasteiger partial charge in [-0.2, -0.15) is 0 Å². The van der Waals surface area contributed by atoms with Gasteiger partial charge in [0, 0.05) is 37.0 Å². The van der Waals surface area contributed by atoms with Crippen molar-refractivity contribution in [1.29, 1.82) is 0 Å². The number of benzene rings is 1. The standard InChI is InChI=1S/C16H22N2O2/c19-10-2-4-14-3-1-9-18(14)16(20)13-6-5-12-7-8-17-15(12)11-13/h5-6,11,14,17,19H,1-4,7-10H2. The van der Waals surface area contributed by atoms with Crippen LogP contribution in [0.25, 0.3) is 0 Å². The molecular formula is C16H22N2O2. The van der Waals surface area contributed by atoms with E-state index in [1.165, 1.54) is 5.56 Å². The molecule has 1 amide bonds. The zero-order valence-corrected chi connectivity index (χ0v) is 11.8. The van der Waals surface area contributed by atoms with Crippen molar-refractivity contribution in [2.24, 2.45) is 0 Å². The summed E-state index contributed by atoms with van der Waals surface area (Å²) in [6.45, 7) is 2.02. The first-order chi connectivity index (χ1) is 9.79. The fraction of sp³-hybridized carbons (Fsp3) is 0.562. The van der Waals surface area contributed by atoms with Gasteiger partial charge in [-0.25, -0.2) is 0 Å². The number of aliphatic hydroxyl groups is 1. The molecule has 1 aromatic carbocycles. The highest BCUT2D eigenvalue weighted by Gasteiger charge is 2.29. The Morgan fingerprint density at radius 1 is 1.45 bits per heavy atom. The molecule has 2 heterocycles. The highest BCUT2D eigenvalue weighted by atomic mass is 16.3. The Hall–Kier alpha value is -1.55. The summed E-state index contributed by atoms with van der Waals surface area (Å²) >= 11 is 0. The van der Waals surface area contributed by atoms with Gasteiger partial charge in [0.2, 0.25) is 0 Å². The fourth-order valence-corrected chi connectivity index (χ4v) is 3.32. The first-order valence-corrected chi connectivity index (χ1v) is 7.58. The minimum Gasteiger partial charge on any atom is -0.396 e. The third-order valence-corrected chi connectivity index (χ3v) is 4.40. The molecule has 1 saturated heterocycles. The van der Waals surface area contributed by atoms with E-state index in [1.54, 1.807) is 0 Å². The molecule has 2 aliphatic heterocycles. The Kier molecular flexibility index (Phi) is 3.92. The molecule has 0 radical (unpaired) electrons. The van der Waals surface area contributed by atoms with E-state index in [9.17, 15) is 4.79 Å². The van der Waals surface area contributed by atoms with Crippen molar-refractivity contribution in [3.05, 3.63) is 29.3 Å². The zero-order valence-electron chi connectivity index (χ0n) is 11.8. The first kappa shape index (κ1) is 13.4. The second kappa shape index (κ2) is 5.83. The number of fused-ring (bicyclic) bond motifs is 1. The third kappa shape index (κ3) is 2.52. The number of rotatable bonds is 4. The van der Waals surface area contributed by atoms with Crippen LogP contribution in [0.15, 0.2) is 18.2 Å². The van der Waals surface area contributed by atoms with Crippen LogP contribution in [0.4, 0.5) is 5.69 Å². The van der Waals surface area contributed by atoms with Gasteiger partial charge in [-0.3, -0.25) is 4.79 Å². The molecule has 0 aliphatic carbocycles. The lowest BCUT2D eigenvalue weighted by Gasteiger charge is -2.25. The van der Waals surface area contributed by atoms with E-state index >= 15 is 0 Å². The summed E-state index contributed by atoms with van der Waals surface area (Å²) in [5, 5.41) is 12.3. The molecule has 20 heavy (non-hydrogen) atoms. The van der Waals surface area contributed by atoms with Crippen molar-refractivity contribution in [1.82, 2.24) is 4.90 Å². The molecule has 1 unspecified atom stereocenters. The van der Waals surface area contributed by atoms with Gasteiger partial charge in [-0.05, 0) is 49.8 Å². The molecule has 108 valence electrons. The highest BCUT2D eigenvalue weighted by Crippen LogP contribution is 2.27. The van der Waals surface area contributed by atoms with Gasteiger partial charge in [0.15, 0.2) is 0 Å². The maximum atomic E-state index is 12.7. The summed E-state index contributed by atoms with van der Waals surface area (Å²) in [7, 11) is 0. The Morgan fingerprint density at radius 2 is 2.35 bits per heavy atom. The minimum atomic E-state index is 0.141. The van der Waals surface area contributed by atoms with E-state index in [-0.39, 0.29) is 12.5 Å². The Morgan fingerprint density at radius 3 is 3.20 bits per heavy atom. The molecule has 1 atom stereocenters. The van der Waals surface area contributed by atoms with E-state index in [1.807, 2.05) is 17.0 Å². The molecule has 0 bridgehead atoms. The van der Waals surface area contributed by atoms with E-state index < -0.39 is 0 Å². The van der Waals surface area contributed by atoms with Crippen LogP contribution in [-0.2, 0) is 6.42 Å². The summed E-state index contributed by atoms with van der Waals surface area (Å²) in [4.78, 5) is 14.6. The summed E-state index contributed by atoms with van der Waals surface area (Å²) < 4.78 is 0. The molecule has 0 saturated carbocycles. The minimum absolute atomic E-state index is 0.141. The van der Waals surface area contributed by atoms with Gasteiger partial charge in [0.05, 0.1) is 0 Å². The molecule has 1 aromatic rings. The number of nitrogens with one attached hydrogen (secondary N) is 1. The topological polar surface area (TPSA) is 52.6 Å². The first-order valence-electron chi connectivity index (χ1n) is 7.58. The van der Waals surface area contributed by atoms with Crippen LogP contribution in [0.3, 0.4) is 0 Å². The molecule has 2 aliphatic rings. The van der Waals surface area contributed by atoms with Gasteiger partial charge in [0.1, 0.15) is 0 Å². The molecular weight excluding hydrogens is 252 g/mol. The highest BCUT2D eigenvalue weighted by molar-refractivity contribution is 5.96. The smallest absolute Gasteiger partial charge is 0.254 e. The van der Waals surface area contributed by atoms with E-state index in [0.717, 1.165) is 56.4 Å². The zero-order chi connectivity index (χ0) is 13.9. The molecule has 1 fully saturated rings. The van der Waals surface area contributed by atoms with Gasteiger partial charge in [-0.15, -0.1) is 0 Å². The van der Waals surface area contributed by atoms with Crippen LogP contribution in [0.1, 0.15) is 41.6 Å². The average molecular weight is 274 g/mol. The largest absolute Gasteiger partial charge is 0.396 e. The van der Waals surface area contributed by atoms with Crippen molar-refractivity contribution in [2.75, 3.05) is 25.0 Å². The summed E-state index contributed by atoms with van der Waals surface area (Å²) in [5.74, 6) is 0.141. The Balaban J connectivity index is 1.74.